The summed E-state index contributed by atoms with van der Waals surface area (Å²) in [6.07, 6.45) is -0.481. The van der Waals surface area contributed by atoms with Gasteiger partial charge < -0.3 is 14.9 Å². The van der Waals surface area contributed by atoms with Gasteiger partial charge in [-0.05, 0) is 41.3 Å². The summed E-state index contributed by atoms with van der Waals surface area (Å²) < 4.78 is 0. The van der Waals surface area contributed by atoms with Gasteiger partial charge in [-0.3, -0.25) is 0 Å². The van der Waals surface area contributed by atoms with Crippen LogP contribution in [0, 0.1) is 0 Å². The van der Waals surface area contributed by atoms with E-state index in [4.69, 9.17) is 0 Å². The standard InChI is InChI=1S/C7H17N2O/c1-8(2)5-7(10)6-9(3)4/h7H,5-6H2,1-4H3/q-1. The van der Waals surface area contributed by atoms with Crippen molar-refractivity contribution in [3.63, 3.8) is 0 Å². The van der Waals surface area contributed by atoms with Gasteiger partial charge in [0, 0.05) is 0 Å². The Morgan fingerprint density at radius 3 is 1.50 bits per heavy atom. The molecule has 0 radical (unpaired) electrons. The van der Waals surface area contributed by atoms with Gasteiger partial charge >= 0.3 is 0 Å². The third kappa shape index (κ3) is 6.01. The fourth-order valence-electron chi connectivity index (χ4n) is 0.872. The molecular formula is C7H17N2O-. The topological polar surface area (TPSA) is 29.5 Å². The van der Waals surface area contributed by atoms with E-state index in [9.17, 15) is 5.11 Å². The molecule has 0 saturated heterocycles. The van der Waals surface area contributed by atoms with Crippen LogP contribution in [0.25, 0.3) is 0 Å². The smallest absolute Gasteiger partial charge is 0.0137 e. The second-order valence-electron chi connectivity index (χ2n) is 3.15. The second kappa shape index (κ2) is 4.66. The molecule has 0 aromatic rings. The largest absolute Gasteiger partial charge is 0.850 e. The van der Waals surface area contributed by atoms with Crippen molar-refractivity contribution < 1.29 is 5.11 Å². The number of rotatable bonds is 4. The van der Waals surface area contributed by atoms with Crippen LogP contribution in [0.3, 0.4) is 0 Å². The van der Waals surface area contributed by atoms with E-state index in [-0.39, 0.29) is 0 Å². The van der Waals surface area contributed by atoms with E-state index in [1.165, 1.54) is 0 Å². The van der Waals surface area contributed by atoms with Crippen LogP contribution in [0.2, 0.25) is 0 Å². The Labute approximate surface area is 63.2 Å². The third-order valence-corrected chi connectivity index (χ3v) is 1.14. The summed E-state index contributed by atoms with van der Waals surface area (Å²) in [5.41, 5.74) is 0. The van der Waals surface area contributed by atoms with Crippen molar-refractivity contribution in [1.29, 1.82) is 0 Å². The molecule has 0 atom stereocenters. The van der Waals surface area contributed by atoms with Gasteiger partial charge in [-0.2, -0.15) is 0 Å². The van der Waals surface area contributed by atoms with Crippen LogP contribution < -0.4 is 5.11 Å². The number of likely N-dealkylation sites (N-methyl/N-ethyl adjacent to an activating group) is 2. The lowest BCUT2D eigenvalue weighted by Gasteiger charge is -2.28. The molecule has 0 aliphatic heterocycles. The summed E-state index contributed by atoms with van der Waals surface area (Å²) in [4.78, 5) is 3.84. The molecule has 0 aromatic carbocycles. The molecule has 3 nitrogen and oxygen atoms in total. The molecule has 0 aliphatic rings. The molecule has 0 aliphatic carbocycles. The number of hydrogen-bond acceptors (Lipinski definition) is 3. The summed E-state index contributed by atoms with van der Waals surface area (Å²) >= 11 is 0. The fourth-order valence-corrected chi connectivity index (χ4v) is 0.872. The molecule has 0 N–H and O–H groups in total. The van der Waals surface area contributed by atoms with Crippen LogP contribution >= 0.6 is 0 Å². The Morgan fingerprint density at radius 1 is 1.00 bits per heavy atom. The maximum absolute atomic E-state index is 11.1. The van der Waals surface area contributed by atoms with Crippen molar-refractivity contribution in [1.82, 2.24) is 9.80 Å². The first-order chi connectivity index (χ1) is 4.52. The first-order valence-electron chi connectivity index (χ1n) is 3.47. The molecule has 10 heavy (non-hydrogen) atoms. The molecule has 0 unspecified atom stereocenters. The van der Waals surface area contributed by atoms with Gasteiger partial charge in [0.2, 0.25) is 0 Å². The summed E-state index contributed by atoms with van der Waals surface area (Å²) in [5.74, 6) is 0. The SMILES string of the molecule is CN(C)CC([O-])CN(C)C. The van der Waals surface area contributed by atoms with Crippen LogP contribution in [-0.4, -0.2) is 57.2 Å². The molecule has 0 aromatic heterocycles. The van der Waals surface area contributed by atoms with E-state index in [0.29, 0.717) is 13.1 Å². The fraction of sp³-hybridized carbons (Fsp3) is 1.00. The molecule has 0 fully saturated rings. The Bertz CT molecular complexity index is 73.7. The van der Waals surface area contributed by atoms with Gasteiger partial charge in [-0.25, -0.2) is 0 Å². The normalized spacial score (nSPS) is 12.0. The van der Waals surface area contributed by atoms with Gasteiger partial charge in [-0.1, -0.05) is 0 Å². The zero-order valence-corrected chi connectivity index (χ0v) is 7.29. The van der Waals surface area contributed by atoms with E-state index in [2.05, 4.69) is 0 Å². The Balaban J connectivity index is 3.34. The monoisotopic (exact) mass is 145 g/mol. The zero-order valence-electron chi connectivity index (χ0n) is 7.29. The van der Waals surface area contributed by atoms with Crippen LogP contribution in [0.4, 0.5) is 0 Å². The predicted molar refractivity (Wildman–Crippen MR) is 40.9 cm³/mol. The number of hydrogen-bond donors (Lipinski definition) is 0. The van der Waals surface area contributed by atoms with Gasteiger partial charge in [0.15, 0.2) is 0 Å². The lowest BCUT2D eigenvalue weighted by atomic mass is 10.3. The lowest BCUT2D eigenvalue weighted by Crippen LogP contribution is -2.43. The molecule has 0 heterocycles. The minimum atomic E-state index is -0.481. The first-order valence-corrected chi connectivity index (χ1v) is 3.47. The molecule has 3 heteroatoms. The molecule has 62 valence electrons. The van der Waals surface area contributed by atoms with Gasteiger partial charge in [0.05, 0.1) is 0 Å². The van der Waals surface area contributed by atoms with E-state index < -0.39 is 6.10 Å². The number of nitrogens with zero attached hydrogens (tertiary/aromatic N) is 2. The van der Waals surface area contributed by atoms with Crippen LogP contribution in [0.15, 0.2) is 0 Å². The summed E-state index contributed by atoms with van der Waals surface area (Å²) in [7, 11) is 7.67. The highest BCUT2D eigenvalue weighted by Gasteiger charge is 1.96. The Kier molecular flexibility index (Phi) is 4.60. The Morgan fingerprint density at radius 2 is 1.30 bits per heavy atom. The van der Waals surface area contributed by atoms with Crippen LogP contribution in [-0.2, 0) is 0 Å². The Hall–Kier alpha value is -0.120. The van der Waals surface area contributed by atoms with Crippen molar-refractivity contribution in [2.75, 3.05) is 41.3 Å². The molecule has 0 bridgehead atoms. The van der Waals surface area contributed by atoms with Gasteiger partial charge in [0.1, 0.15) is 0 Å². The molecule has 0 spiro atoms. The highest BCUT2D eigenvalue weighted by atomic mass is 16.3. The lowest BCUT2D eigenvalue weighted by molar-refractivity contribution is -0.421. The molecular weight excluding hydrogens is 128 g/mol. The predicted octanol–water partition coefficient (Wildman–Crippen LogP) is -1.16. The molecule has 0 rings (SSSR count). The van der Waals surface area contributed by atoms with Crippen molar-refractivity contribution in [2.45, 2.75) is 6.10 Å². The van der Waals surface area contributed by atoms with Crippen molar-refractivity contribution >= 4 is 0 Å². The quantitative estimate of drug-likeness (QED) is 0.500. The minimum absolute atomic E-state index is 0.481. The summed E-state index contributed by atoms with van der Waals surface area (Å²) in [6, 6.07) is 0. The van der Waals surface area contributed by atoms with Gasteiger partial charge in [0.25, 0.3) is 0 Å². The van der Waals surface area contributed by atoms with E-state index in [0.717, 1.165) is 0 Å². The highest BCUT2D eigenvalue weighted by Crippen LogP contribution is 1.83. The molecule has 0 amide bonds. The second-order valence-corrected chi connectivity index (χ2v) is 3.15. The zero-order chi connectivity index (χ0) is 8.15. The van der Waals surface area contributed by atoms with Crippen molar-refractivity contribution in [2.24, 2.45) is 0 Å². The molecule has 0 saturated carbocycles. The van der Waals surface area contributed by atoms with E-state index >= 15 is 0 Å². The average Bonchev–Trinajstić information content (AvgIpc) is 1.58. The summed E-state index contributed by atoms with van der Waals surface area (Å²) in [6.45, 7) is 1.25. The van der Waals surface area contributed by atoms with Gasteiger partial charge in [-0.15, -0.1) is 6.10 Å². The third-order valence-electron chi connectivity index (χ3n) is 1.14. The first kappa shape index (κ1) is 9.88. The van der Waals surface area contributed by atoms with Crippen molar-refractivity contribution in [3.05, 3.63) is 0 Å². The van der Waals surface area contributed by atoms with Crippen LogP contribution in [0.5, 0.6) is 0 Å². The van der Waals surface area contributed by atoms with Crippen molar-refractivity contribution in [3.8, 4) is 0 Å². The van der Waals surface area contributed by atoms with Crippen LogP contribution in [0.1, 0.15) is 0 Å². The summed E-state index contributed by atoms with van der Waals surface area (Å²) in [5, 5.41) is 11.1. The maximum atomic E-state index is 11.1. The minimum Gasteiger partial charge on any atom is -0.850 e. The van der Waals surface area contributed by atoms with E-state index in [1.54, 1.807) is 0 Å². The highest BCUT2D eigenvalue weighted by molar-refractivity contribution is 4.59. The van der Waals surface area contributed by atoms with E-state index in [1.807, 2.05) is 38.0 Å². The maximum Gasteiger partial charge on any atom is -0.0137 e. The average molecular weight is 145 g/mol.